The van der Waals surface area contributed by atoms with Gasteiger partial charge in [0.25, 0.3) is 0 Å². The number of aliphatic hydroxyl groups is 3. The summed E-state index contributed by atoms with van der Waals surface area (Å²) in [4.78, 5) is 2.46. The minimum atomic E-state index is -1.19. The topological polar surface area (TPSA) is 109 Å². The second-order valence-electron chi connectivity index (χ2n) is 2.80. The van der Waals surface area contributed by atoms with Gasteiger partial charge in [-0.25, -0.2) is 0 Å². The molecular formula is C7H15N3O3. The van der Waals surface area contributed by atoms with E-state index in [9.17, 15) is 10.2 Å². The molecule has 0 fully saturated rings. The van der Waals surface area contributed by atoms with Gasteiger partial charge in [-0.05, 0) is 12.0 Å². The Morgan fingerprint density at radius 1 is 1.46 bits per heavy atom. The van der Waals surface area contributed by atoms with Gasteiger partial charge in [-0.3, -0.25) is 0 Å². The van der Waals surface area contributed by atoms with Gasteiger partial charge in [-0.1, -0.05) is 18.5 Å². The van der Waals surface area contributed by atoms with Crippen molar-refractivity contribution in [1.29, 1.82) is 0 Å². The van der Waals surface area contributed by atoms with E-state index in [-0.39, 0.29) is 0 Å². The van der Waals surface area contributed by atoms with Crippen LogP contribution in [0.3, 0.4) is 0 Å². The van der Waals surface area contributed by atoms with Gasteiger partial charge >= 0.3 is 0 Å². The van der Waals surface area contributed by atoms with Gasteiger partial charge in [0.2, 0.25) is 0 Å². The highest BCUT2D eigenvalue weighted by Gasteiger charge is 2.23. The third kappa shape index (κ3) is 4.10. The third-order valence-corrected chi connectivity index (χ3v) is 1.76. The quantitative estimate of drug-likeness (QED) is 0.315. The van der Waals surface area contributed by atoms with Crippen LogP contribution in [0.15, 0.2) is 5.11 Å². The van der Waals surface area contributed by atoms with E-state index in [1.807, 2.05) is 6.92 Å². The van der Waals surface area contributed by atoms with Gasteiger partial charge in [0.1, 0.15) is 0 Å². The van der Waals surface area contributed by atoms with Gasteiger partial charge in [-0.2, -0.15) is 0 Å². The lowest BCUT2D eigenvalue weighted by Gasteiger charge is -2.21. The van der Waals surface area contributed by atoms with Crippen LogP contribution in [0.25, 0.3) is 10.4 Å². The summed E-state index contributed by atoms with van der Waals surface area (Å²) in [7, 11) is 0. The van der Waals surface area contributed by atoms with E-state index >= 15 is 0 Å². The van der Waals surface area contributed by atoms with E-state index in [4.69, 9.17) is 10.6 Å². The zero-order valence-electron chi connectivity index (χ0n) is 7.54. The van der Waals surface area contributed by atoms with Gasteiger partial charge in [-0.15, -0.1) is 0 Å². The molecule has 3 N–H and O–H groups in total. The highest BCUT2D eigenvalue weighted by Crippen LogP contribution is 2.08. The summed E-state index contributed by atoms with van der Waals surface area (Å²) in [6.45, 7) is 1.39. The summed E-state index contributed by atoms with van der Waals surface area (Å²) in [5.74, 6) is 0. The molecule has 6 heteroatoms. The van der Waals surface area contributed by atoms with Gasteiger partial charge in [0, 0.05) is 4.91 Å². The highest BCUT2D eigenvalue weighted by molar-refractivity contribution is 4.80. The Morgan fingerprint density at radius 3 is 2.46 bits per heavy atom. The standard InChI is InChI=1S/C7H15N3O3/c1-2-3-6(12)7(13)5(4-11)9-10-8/h5-7,11-13H,2-4H2,1H3/t5-,6+,7-/m0/s1. The Kier molecular flexibility index (Phi) is 6.26. The van der Waals surface area contributed by atoms with Crippen LogP contribution in [0.1, 0.15) is 19.8 Å². The van der Waals surface area contributed by atoms with Crippen LogP contribution in [0.2, 0.25) is 0 Å². The van der Waals surface area contributed by atoms with E-state index in [2.05, 4.69) is 10.0 Å². The Morgan fingerprint density at radius 2 is 2.08 bits per heavy atom. The SMILES string of the molecule is CCC[C@@H](O)[C@@H](O)[C@H](CO)N=[N+]=[N-]. The average molecular weight is 189 g/mol. The summed E-state index contributed by atoms with van der Waals surface area (Å²) in [6, 6.07) is -0.966. The minimum absolute atomic E-state index is 0.415. The largest absolute Gasteiger partial charge is 0.396 e. The molecular weight excluding hydrogens is 174 g/mol. The molecule has 0 radical (unpaired) electrons. The van der Waals surface area contributed by atoms with E-state index in [0.717, 1.165) is 0 Å². The molecule has 3 atom stereocenters. The lowest BCUT2D eigenvalue weighted by Crippen LogP contribution is -2.38. The maximum absolute atomic E-state index is 9.36. The molecule has 0 aliphatic carbocycles. The molecule has 0 bridgehead atoms. The molecule has 6 nitrogen and oxygen atoms in total. The number of hydrogen-bond acceptors (Lipinski definition) is 4. The van der Waals surface area contributed by atoms with Crippen molar-refractivity contribution >= 4 is 0 Å². The van der Waals surface area contributed by atoms with Crippen molar-refractivity contribution in [3.05, 3.63) is 10.4 Å². The van der Waals surface area contributed by atoms with E-state index in [0.29, 0.717) is 12.8 Å². The maximum atomic E-state index is 9.36. The number of aliphatic hydroxyl groups excluding tert-OH is 3. The van der Waals surface area contributed by atoms with Crippen LogP contribution >= 0.6 is 0 Å². The number of hydrogen-bond donors (Lipinski definition) is 3. The Balaban J connectivity index is 4.17. The second kappa shape index (κ2) is 6.68. The van der Waals surface area contributed by atoms with E-state index in [1.54, 1.807) is 0 Å². The third-order valence-electron chi connectivity index (χ3n) is 1.76. The van der Waals surface area contributed by atoms with Crippen LogP contribution < -0.4 is 0 Å². The van der Waals surface area contributed by atoms with Crippen LogP contribution in [-0.4, -0.2) is 40.2 Å². The fourth-order valence-corrected chi connectivity index (χ4v) is 1.00. The molecule has 0 spiro atoms. The second-order valence-corrected chi connectivity index (χ2v) is 2.80. The Labute approximate surface area is 76.4 Å². The van der Waals surface area contributed by atoms with Crippen molar-refractivity contribution in [2.75, 3.05) is 6.61 Å². The molecule has 0 heterocycles. The van der Waals surface area contributed by atoms with Crippen LogP contribution in [0.4, 0.5) is 0 Å². The van der Waals surface area contributed by atoms with E-state index < -0.39 is 24.9 Å². The highest BCUT2D eigenvalue weighted by atomic mass is 16.3. The molecule has 76 valence electrons. The Hall–Kier alpha value is -0.810. The first-order valence-corrected chi connectivity index (χ1v) is 4.18. The first kappa shape index (κ1) is 12.2. The maximum Gasteiger partial charge on any atom is 0.0905 e. The molecule has 0 unspecified atom stereocenters. The normalized spacial score (nSPS) is 17.2. The lowest BCUT2D eigenvalue weighted by molar-refractivity contribution is -0.0111. The van der Waals surface area contributed by atoms with E-state index in [1.165, 1.54) is 0 Å². The molecule has 0 aromatic heterocycles. The lowest BCUT2D eigenvalue weighted by atomic mass is 10.0. The van der Waals surface area contributed by atoms with Crippen LogP contribution in [0.5, 0.6) is 0 Å². The fraction of sp³-hybridized carbons (Fsp3) is 1.00. The van der Waals surface area contributed by atoms with Gasteiger partial charge in [0.05, 0.1) is 24.9 Å². The summed E-state index contributed by atoms with van der Waals surface area (Å²) in [5, 5.41) is 30.5. The number of azide groups is 1. The average Bonchev–Trinajstić information content (AvgIpc) is 2.13. The molecule has 0 saturated heterocycles. The predicted molar refractivity (Wildman–Crippen MR) is 46.9 cm³/mol. The van der Waals surface area contributed by atoms with Crippen molar-refractivity contribution in [1.82, 2.24) is 0 Å². The number of nitrogens with zero attached hydrogens (tertiary/aromatic N) is 3. The summed E-state index contributed by atoms with van der Waals surface area (Å²) < 4.78 is 0. The van der Waals surface area contributed by atoms with Crippen molar-refractivity contribution in [2.45, 2.75) is 38.0 Å². The predicted octanol–water partition coefficient (Wildman–Crippen LogP) is 0.179. The molecule has 0 saturated carbocycles. The number of rotatable bonds is 6. The summed E-state index contributed by atoms with van der Waals surface area (Å²) in [5.41, 5.74) is 8.08. The molecule has 0 rings (SSSR count). The monoisotopic (exact) mass is 189 g/mol. The van der Waals surface area contributed by atoms with Crippen molar-refractivity contribution < 1.29 is 15.3 Å². The smallest absolute Gasteiger partial charge is 0.0905 e. The zero-order chi connectivity index (χ0) is 10.3. The van der Waals surface area contributed by atoms with Crippen molar-refractivity contribution in [2.24, 2.45) is 5.11 Å². The van der Waals surface area contributed by atoms with Gasteiger partial charge in [0.15, 0.2) is 0 Å². The molecule has 13 heavy (non-hydrogen) atoms. The first-order chi connectivity index (χ1) is 6.17. The molecule has 0 aliphatic rings. The van der Waals surface area contributed by atoms with Gasteiger partial charge < -0.3 is 15.3 Å². The molecule has 0 aliphatic heterocycles. The summed E-state index contributed by atoms with van der Waals surface area (Å²) >= 11 is 0. The minimum Gasteiger partial charge on any atom is -0.396 e. The fourth-order valence-electron chi connectivity index (χ4n) is 1.00. The van der Waals surface area contributed by atoms with Crippen LogP contribution in [-0.2, 0) is 0 Å². The molecule has 0 amide bonds. The molecule has 0 aromatic carbocycles. The Bertz CT molecular complexity index is 182. The van der Waals surface area contributed by atoms with Crippen LogP contribution in [0, 0.1) is 0 Å². The zero-order valence-corrected chi connectivity index (χ0v) is 7.54. The first-order valence-electron chi connectivity index (χ1n) is 4.18. The molecule has 0 aromatic rings. The summed E-state index contributed by atoms with van der Waals surface area (Å²) in [6.07, 6.45) is -1.01. The van der Waals surface area contributed by atoms with Crippen molar-refractivity contribution in [3.63, 3.8) is 0 Å². The van der Waals surface area contributed by atoms with Crippen molar-refractivity contribution in [3.8, 4) is 0 Å².